The minimum atomic E-state index is -2.65. The van der Waals surface area contributed by atoms with Crippen LogP contribution in [0.1, 0.15) is 38.7 Å². The fourth-order valence-corrected chi connectivity index (χ4v) is 2.61. The van der Waals surface area contributed by atoms with Crippen molar-refractivity contribution in [1.29, 1.82) is 0 Å². The zero-order valence-electron chi connectivity index (χ0n) is 12.5. The highest BCUT2D eigenvalue weighted by Gasteiger charge is 2.40. The Morgan fingerprint density at radius 2 is 2.00 bits per heavy atom. The smallest absolute Gasteiger partial charge is 0.266 e. The fraction of sp³-hybridized carbons (Fsp3) is 0.714. The van der Waals surface area contributed by atoms with Gasteiger partial charge in [-0.3, -0.25) is 0 Å². The van der Waals surface area contributed by atoms with Gasteiger partial charge in [0.2, 0.25) is 0 Å². The first kappa shape index (κ1) is 14.3. The van der Waals surface area contributed by atoms with Crippen LogP contribution in [0, 0.1) is 5.41 Å². The highest BCUT2D eigenvalue weighted by molar-refractivity contribution is 5.66. The van der Waals surface area contributed by atoms with Gasteiger partial charge in [-0.1, -0.05) is 20.8 Å². The van der Waals surface area contributed by atoms with Gasteiger partial charge in [0, 0.05) is 19.4 Å². The molecule has 7 heteroatoms. The van der Waals surface area contributed by atoms with E-state index in [9.17, 15) is 8.78 Å². The van der Waals surface area contributed by atoms with Gasteiger partial charge < -0.3 is 4.90 Å². The van der Waals surface area contributed by atoms with E-state index in [1.165, 1.54) is 0 Å². The molecule has 3 rings (SSSR count). The molecule has 3 heterocycles. The van der Waals surface area contributed by atoms with Gasteiger partial charge in [0.15, 0.2) is 11.5 Å². The first-order valence-electron chi connectivity index (χ1n) is 7.14. The lowest BCUT2D eigenvalue weighted by molar-refractivity contribution is 0.0256. The van der Waals surface area contributed by atoms with Gasteiger partial charge in [-0.05, 0) is 5.41 Å². The molecule has 0 aliphatic carbocycles. The summed E-state index contributed by atoms with van der Waals surface area (Å²) in [6, 6.07) is 0. The molecule has 0 radical (unpaired) electrons. The van der Waals surface area contributed by atoms with E-state index in [0.29, 0.717) is 36.8 Å². The topological polar surface area (TPSA) is 53.7 Å². The molecule has 0 unspecified atom stereocenters. The van der Waals surface area contributed by atoms with Gasteiger partial charge >= 0.3 is 0 Å². The van der Waals surface area contributed by atoms with E-state index in [2.05, 4.69) is 41.0 Å². The van der Waals surface area contributed by atoms with Crippen LogP contribution in [-0.4, -0.2) is 29.0 Å². The normalized spacial score (nSPS) is 20.1. The third kappa shape index (κ3) is 3.01. The van der Waals surface area contributed by atoms with Gasteiger partial charge in [-0.15, -0.1) is 5.11 Å². The van der Waals surface area contributed by atoms with Crippen molar-refractivity contribution in [2.24, 2.45) is 15.6 Å². The fourth-order valence-electron chi connectivity index (χ4n) is 2.61. The Morgan fingerprint density at radius 1 is 1.24 bits per heavy atom. The minimum Gasteiger partial charge on any atom is -0.348 e. The van der Waals surface area contributed by atoms with Gasteiger partial charge in [0.05, 0.1) is 12.2 Å². The molecule has 1 aromatic rings. The first-order chi connectivity index (χ1) is 9.73. The van der Waals surface area contributed by atoms with Crippen LogP contribution in [0.2, 0.25) is 0 Å². The molecule has 1 saturated heterocycles. The Kier molecular flexibility index (Phi) is 3.18. The van der Waals surface area contributed by atoms with E-state index in [1.807, 2.05) is 0 Å². The van der Waals surface area contributed by atoms with Gasteiger partial charge in [-0.2, -0.15) is 5.11 Å². The number of nitrogens with zero attached hydrogens (tertiary/aromatic N) is 5. The summed E-state index contributed by atoms with van der Waals surface area (Å²) in [6.45, 7) is 6.69. The standard InChI is InChI=1S/C14H19F2N5/c1-13(2,3)6-10-18-9-7-17-20-11(9)12(19-10)21-5-4-14(15,16)8-21/h4-8H2,1-3H3. The number of aromatic nitrogens is 2. The van der Waals surface area contributed by atoms with E-state index >= 15 is 0 Å². The molecule has 0 atom stereocenters. The Hall–Kier alpha value is -1.66. The summed E-state index contributed by atoms with van der Waals surface area (Å²) in [5, 5.41) is 8.01. The summed E-state index contributed by atoms with van der Waals surface area (Å²) in [5.41, 5.74) is 1.34. The van der Waals surface area contributed by atoms with Crippen LogP contribution in [0.3, 0.4) is 0 Å². The Morgan fingerprint density at radius 3 is 2.62 bits per heavy atom. The van der Waals surface area contributed by atoms with Gasteiger partial charge in [0.25, 0.3) is 5.92 Å². The Bertz CT molecular complexity index is 592. The van der Waals surface area contributed by atoms with Crippen molar-refractivity contribution in [3.05, 3.63) is 11.5 Å². The molecule has 21 heavy (non-hydrogen) atoms. The molecule has 0 N–H and O–H groups in total. The minimum absolute atomic E-state index is 0.0351. The number of rotatable bonds is 2. The summed E-state index contributed by atoms with van der Waals surface area (Å²) in [5.74, 6) is -1.46. The second kappa shape index (κ2) is 4.68. The summed E-state index contributed by atoms with van der Waals surface area (Å²) in [4.78, 5) is 10.6. The maximum atomic E-state index is 13.5. The number of fused-ring (bicyclic) bond motifs is 1. The van der Waals surface area contributed by atoms with Crippen molar-refractivity contribution >= 4 is 11.5 Å². The van der Waals surface area contributed by atoms with Crippen LogP contribution in [0.15, 0.2) is 10.2 Å². The number of hydrogen-bond donors (Lipinski definition) is 0. The Balaban J connectivity index is 1.97. The molecule has 1 aromatic heterocycles. The lowest BCUT2D eigenvalue weighted by Crippen LogP contribution is -2.26. The predicted octanol–water partition coefficient (Wildman–Crippen LogP) is 3.51. The predicted molar refractivity (Wildman–Crippen MR) is 75.2 cm³/mol. The maximum Gasteiger partial charge on any atom is 0.266 e. The van der Waals surface area contributed by atoms with E-state index in [-0.39, 0.29) is 18.4 Å². The van der Waals surface area contributed by atoms with Crippen LogP contribution in [0.25, 0.3) is 0 Å². The van der Waals surface area contributed by atoms with Crippen LogP contribution >= 0.6 is 0 Å². The molecule has 114 valence electrons. The van der Waals surface area contributed by atoms with E-state index in [4.69, 9.17) is 0 Å². The molecular formula is C14H19F2N5. The summed E-state index contributed by atoms with van der Waals surface area (Å²) in [7, 11) is 0. The number of anilines is 1. The average Bonchev–Trinajstić information content (AvgIpc) is 2.91. The third-order valence-corrected chi connectivity index (χ3v) is 3.53. The van der Waals surface area contributed by atoms with Crippen molar-refractivity contribution in [1.82, 2.24) is 9.97 Å². The van der Waals surface area contributed by atoms with Crippen LogP contribution in [-0.2, 0) is 13.0 Å². The van der Waals surface area contributed by atoms with Crippen LogP contribution in [0.5, 0.6) is 0 Å². The molecule has 0 aromatic carbocycles. The average molecular weight is 295 g/mol. The first-order valence-corrected chi connectivity index (χ1v) is 7.14. The number of azo groups is 1. The second-order valence-electron chi connectivity index (χ2n) is 6.92. The van der Waals surface area contributed by atoms with Crippen LogP contribution in [0.4, 0.5) is 20.3 Å². The zero-order valence-corrected chi connectivity index (χ0v) is 12.5. The molecule has 2 aliphatic heterocycles. The molecule has 0 amide bonds. The largest absolute Gasteiger partial charge is 0.348 e. The monoisotopic (exact) mass is 295 g/mol. The quantitative estimate of drug-likeness (QED) is 0.839. The number of halogens is 2. The van der Waals surface area contributed by atoms with Crippen molar-refractivity contribution in [2.75, 3.05) is 18.0 Å². The highest BCUT2D eigenvalue weighted by atomic mass is 19.3. The van der Waals surface area contributed by atoms with Gasteiger partial charge in [-0.25, -0.2) is 18.7 Å². The SMILES string of the molecule is CC(C)(C)Cc1nc2c(c(N3CCC(F)(F)C3)n1)N=NC2. The van der Waals surface area contributed by atoms with Crippen molar-refractivity contribution in [3.8, 4) is 0 Å². The van der Waals surface area contributed by atoms with Gasteiger partial charge in [0.1, 0.15) is 12.4 Å². The number of hydrogen-bond acceptors (Lipinski definition) is 5. The molecule has 5 nitrogen and oxygen atoms in total. The lowest BCUT2D eigenvalue weighted by Gasteiger charge is -2.21. The summed E-state index contributed by atoms with van der Waals surface area (Å²) < 4.78 is 26.9. The zero-order chi connectivity index (χ0) is 15.3. The molecule has 0 spiro atoms. The van der Waals surface area contributed by atoms with E-state index < -0.39 is 5.92 Å². The van der Waals surface area contributed by atoms with Crippen LogP contribution < -0.4 is 4.90 Å². The van der Waals surface area contributed by atoms with Crippen molar-refractivity contribution in [2.45, 2.75) is 46.1 Å². The van der Waals surface area contributed by atoms with E-state index in [1.54, 1.807) is 4.90 Å². The highest BCUT2D eigenvalue weighted by Crippen LogP contribution is 2.39. The van der Waals surface area contributed by atoms with Crippen molar-refractivity contribution in [3.63, 3.8) is 0 Å². The molecule has 0 saturated carbocycles. The van der Waals surface area contributed by atoms with E-state index in [0.717, 1.165) is 5.69 Å². The molecule has 2 aliphatic rings. The molecular weight excluding hydrogens is 276 g/mol. The second-order valence-corrected chi connectivity index (χ2v) is 6.92. The van der Waals surface area contributed by atoms with Crippen molar-refractivity contribution < 1.29 is 8.78 Å². The summed E-state index contributed by atoms with van der Waals surface area (Å²) in [6.07, 6.45) is 0.551. The Labute approximate surface area is 122 Å². The summed E-state index contributed by atoms with van der Waals surface area (Å²) >= 11 is 0. The molecule has 1 fully saturated rings. The third-order valence-electron chi connectivity index (χ3n) is 3.53. The molecule has 0 bridgehead atoms. The number of alkyl halides is 2. The lowest BCUT2D eigenvalue weighted by atomic mass is 9.92. The maximum absolute atomic E-state index is 13.5.